The smallest absolute Gasteiger partial charge is 0.385 e. The van der Waals surface area contributed by atoms with Crippen LogP contribution in [0.5, 0.6) is 0 Å². The Morgan fingerprint density at radius 3 is 2.44 bits per heavy atom. The molecule has 1 aromatic rings. The Hall–Kier alpha value is -1.30. The van der Waals surface area contributed by atoms with E-state index in [0.717, 1.165) is 5.56 Å². The van der Waals surface area contributed by atoms with Gasteiger partial charge in [-0.15, -0.1) is 0 Å². The molecule has 1 rings (SSSR count). The number of anilines is 1. The zero-order valence-corrected chi connectivity index (χ0v) is 10.4. The molecule has 0 saturated heterocycles. The van der Waals surface area contributed by atoms with Gasteiger partial charge >= 0.3 is 6.18 Å². The Bertz CT molecular complexity index is 396. The third-order valence-electron chi connectivity index (χ3n) is 2.85. The fourth-order valence-corrected chi connectivity index (χ4v) is 2.04. The van der Waals surface area contributed by atoms with Crippen LogP contribution in [0.25, 0.3) is 0 Å². The van der Waals surface area contributed by atoms with Crippen molar-refractivity contribution in [3.63, 3.8) is 0 Å². The first-order valence-corrected chi connectivity index (χ1v) is 5.64. The van der Waals surface area contributed by atoms with Crippen LogP contribution in [0.3, 0.4) is 0 Å². The summed E-state index contributed by atoms with van der Waals surface area (Å²) in [5.41, 5.74) is 5.41. The lowest BCUT2D eigenvalue weighted by atomic mass is 9.88. The molecule has 0 amide bonds. The minimum Gasteiger partial charge on any atom is -0.385 e. The second-order valence-corrected chi connectivity index (χ2v) is 4.63. The van der Waals surface area contributed by atoms with Gasteiger partial charge in [-0.1, -0.05) is 0 Å². The van der Waals surface area contributed by atoms with Crippen molar-refractivity contribution in [1.29, 1.82) is 0 Å². The number of pyridine rings is 1. The van der Waals surface area contributed by atoms with Crippen LogP contribution in [0.4, 0.5) is 19.0 Å². The van der Waals surface area contributed by atoms with Crippen LogP contribution in [0, 0.1) is 6.92 Å². The molecule has 1 unspecified atom stereocenters. The Balaban J connectivity index is 2.80. The van der Waals surface area contributed by atoms with Crippen molar-refractivity contribution in [2.24, 2.45) is 0 Å². The molecule has 0 saturated carbocycles. The highest BCUT2D eigenvalue weighted by atomic mass is 19.4. The molecule has 6 heteroatoms. The first-order chi connectivity index (χ1) is 8.13. The molecular weight excluding hydrogens is 245 g/mol. The quantitative estimate of drug-likeness (QED) is 0.877. The van der Waals surface area contributed by atoms with Crippen molar-refractivity contribution >= 4 is 5.82 Å². The van der Waals surface area contributed by atoms with E-state index in [-0.39, 0.29) is 18.7 Å². The molecule has 0 bridgehead atoms. The molecule has 0 aliphatic carbocycles. The Morgan fingerprint density at radius 1 is 1.33 bits per heavy atom. The average molecular weight is 262 g/mol. The zero-order valence-electron chi connectivity index (χ0n) is 10.4. The average Bonchev–Trinajstić information content (AvgIpc) is 2.13. The van der Waals surface area contributed by atoms with Gasteiger partial charge < -0.3 is 10.8 Å². The van der Waals surface area contributed by atoms with Crippen LogP contribution in [-0.2, 0) is 5.60 Å². The molecule has 0 fully saturated rings. The monoisotopic (exact) mass is 262 g/mol. The molecule has 18 heavy (non-hydrogen) atoms. The van der Waals surface area contributed by atoms with Crippen LogP contribution >= 0.6 is 0 Å². The van der Waals surface area contributed by atoms with Gasteiger partial charge in [0.1, 0.15) is 5.82 Å². The molecule has 3 nitrogen and oxygen atoms in total. The number of aromatic nitrogens is 1. The minimum atomic E-state index is -4.20. The molecule has 0 aromatic carbocycles. The number of nitrogens with two attached hydrogens (primary N) is 1. The molecule has 0 aliphatic heterocycles. The van der Waals surface area contributed by atoms with Crippen LogP contribution in [0.1, 0.15) is 37.3 Å². The van der Waals surface area contributed by atoms with Crippen LogP contribution in [-0.4, -0.2) is 16.3 Å². The second kappa shape index (κ2) is 5.14. The molecule has 3 N–H and O–H groups in total. The molecule has 102 valence electrons. The number of aryl methyl sites for hydroxylation is 1. The summed E-state index contributed by atoms with van der Waals surface area (Å²) in [6, 6.07) is 1.67. The van der Waals surface area contributed by atoms with Crippen molar-refractivity contribution in [2.75, 3.05) is 5.73 Å². The van der Waals surface area contributed by atoms with Crippen molar-refractivity contribution < 1.29 is 18.3 Å². The predicted molar refractivity (Wildman–Crippen MR) is 62.9 cm³/mol. The summed E-state index contributed by atoms with van der Waals surface area (Å²) >= 11 is 0. The SMILES string of the molecule is Cc1ccnc(N)c1C(C)(O)CCCC(F)(F)F. The maximum absolute atomic E-state index is 12.1. The van der Waals surface area contributed by atoms with Gasteiger partial charge in [0.25, 0.3) is 0 Å². The molecule has 0 spiro atoms. The number of halogens is 3. The van der Waals surface area contributed by atoms with E-state index in [2.05, 4.69) is 4.98 Å². The van der Waals surface area contributed by atoms with E-state index < -0.39 is 18.2 Å². The van der Waals surface area contributed by atoms with Gasteiger partial charge in [0, 0.05) is 18.2 Å². The molecule has 0 radical (unpaired) electrons. The summed E-state index contributed by atoms with van der Waals surface area (Å²) in [6.45, 7) is 3.20. The molecule has 1 heterocycles. The topological polar surface area (TPSA) is 59.1 Å². The summed E-state index contributed by atoms with van der Waals surface area (Å²) < 4.78 is 36.2. The third-order valence-corrected chi connectivity index (χ3v) is 2.85. The van der Waals surface area contributed by atoms with Gasteiger partial charge in [0.15, 0.2) is 0 Å². The molecular formula is C12H17F3N2O. The second-order valence-electron chi connectivity index (χ2n) is 4.63. The largest absolute Gasteiger partial charge is 0.389 e. The summed E-state index contributed by atoms with van der Waals surface area (Å²) in [4.78, 5) is 3.86. The highest BCUT2D eigenvalue weighted by Crippen LogP contribution is 2.34. The van der Waals surface area contributed by atoms with Crippen molar-refractivity contribution in [1.82, 2.24) is 4.98 Å². The predicted octanol–water partition coefficient (Wildman–Crippen LogP) is 2.91. The van der Waals surface area contributed by atoms with E-state index in [1.807, 2.05) is 0 Å². The lowest BCUT2D eigenvalue weighted by Gasteiger charge is -2.26. The van der Waals surface area contributed by atoms with Crippen molar-refractivity contribution in [2.45, 2.75) is 44.9 Å². The van der Waals surface area contributed by atoms with Crippen LogP contribution in [0.2, 0.25) is 0 Å². The number of hydrogen-bond acceptors (Lipinski definition) is 3. The van der Waals surface area contributed by atoms with E-state index in [1.54, 1.807) is 13.0 Å². The van der Waals surface area contributed by atoms with E-state index in [4.69, 9.17) is 5.73 Å². The Labute approximate surface area is 104 Å². The number of rotatable bonds is 4. The standard InChI is InChI=1S/C12H17F3N2O/c1-8-4-7-17-10(16)9(8)11(2,18)5-3-6-12(13,14)15/h4,7,18H,3,5-6H2,1-2H3,(H2,16,17). The summed E-state index contributed by atoms with van der Waals surface area (Å²) in [6.07, 6.45) is -3.78. The normalized spacial score (nSPS) is 15.4. The van der Waals surface area contributed by atoms with E-state index >= 15 is 0 Å². The summed E-state index contributed by atoms with van der Waals surface area (Å²) in [5, 5.41) is 10.3. The third kappa shape index (κ3) is 3.87. The van der Waals surface area contributed by atoms with Gasteiger partial charge in [0.2, 0.25) is 0 Å². The van der Waals surface area contributed by atoms with Crippen LogP contribution < -0.4 is 5.73 Å². The van der Waals surface area contributed by atoms with Crippen molar-refractivity contribution in [3.05, 3.63) is 23.4 Å². The zero-order chi connectivity index (χ0) is 14.0. The molecule has 1 atom stereocenters. The number of nitrogens with zero attached hydrogens (tertiary/aromatic N) is 1. The van der Waals surface area contributed by atoms with Gasteiger partial charge in [0.05, 0.1) is 5.60 Å². The first kappa shape index (κ1) is 14.8. The van der Waals surface area contributed by atoms with Gasteiger partial charge in [-0.2, -0.15) is 13.2 Å². The molecule has 1 aromatic heterocycles. The number of nitrogen functional groups attached to an aromatic ring is 1. The number of aliphatic hydroxyl groups is 1. The number of alkyl halides is 3. The fourth-order valence-electron chi connectivity index (χ4n) is 2.04. The maximum atomic E-state index is 12.1. The van der Waals surface area contributed by atoms with Crippen LogP contribution in [0.15, 0.2) is 12.3 Å². The van der Waals surface area contributed by atoms with E-state index in [9.17, 15) is 18.3 Å². The molecule has 0 aliphatic rings. The first-order valence-electron chi connectivity index (χ1n) is 5.64. The maximum Gasteiger partial charge on any atom is 0.389 e. The lowest BCUT2D eigenvalue weighted by molar-refractivity contribution is -0.137. The highest BCUT2D eigenvalue weighted by Gasteiger charge is 2.31. The summed E-state index contributed by atoms with van der Waals surface area (Å²) in [7, 11) is 0. The van der Waals surface area contributed by atoms with E-state index in [1.165, 1.54) is 13.1 Å². The van der Waals surface area contributed by atoms with E-state index in [0.29, 0.717) is 5.56 Å². The van der Waals surface area contributed by atoms with Gasteiger partial charge in [-0.05, 0) is 38.3 Å². The van der Waals surface area contributed by atoms with Gasteiger partial charge in [-0.3, -0.25) is 0 Å². The van der Waals surface area contributed by atoms with Crippen molar-refractivity contribution in [3.8, 4) is 0 Å². The lowest BCUT2D eigenvalue weighted by Crippen LogP contribution is -2.25. The fraction of sp³-hybridized carbons (Fsp3) is 0.583. The minimum absolute atomic E-state index is 0.0107. The number of hydrogen-bond donors (Lipinski definition) is 2. The Kier molecular flexibility index (Phi) is 4.21. The summed E-state index contributed by atoms with van der Waals surface area (Å²) in [5.74, 6) is 0.159. The Morgan fingerprint density at radius 2 is 1.94 bits per heavy atom. The highest BCUT2D eigenvalue weighted by molar-refractivity contribution is 5.47. The van der Waals surface area contributed by atoms with Gasteiger partial charge in [-0.25, -0.2) is 4.98 Å².